The van der Waals surface area contributed by atoms with Crippen molar-refractivity contribution >= 4 is 17.6 Å². The Morgan fingerprint density at radius 3 is 2.75 bits per heavy atom. The van der Waals surface area contributed by atoms with E-state index in [4.69, 9.17) is 0 Å². The standard InChI is InChI=1S/C15H14N4S/c1-16-17-10-12-11-19(13-6-3-2-4-7-13)18-15(12)14-8-5-9-20-14/h2-11,16H,1H3/b17-10+. The van der Waals surface area contributed by atoms with Gasteiger partial charge >= 0.3 is 0 Å². The van der Waals surface area contributed by atoms with Crippen LogP contribution in [-0.4, -0.2) is 23.0 Å². The third-order valence-electron chi connectivity index (χ3n) is 2.85. The summed E-state index contributed by atoms with van der Waals surface area (Å²) in [6, 6.07) is 14.2. The van der Waals surface area contributed by atoms with E-state index in [0.29, 0.717) is 0 Å². The van der Waals surface area contributed by atoms with E-state index < -0.39 is 0 Å². The van der Waals surface area contributed by atoms with Crippen LogP contribution in [0.25, 0.3) is 16.3 Å². The molecule has 2 aromatic heterocycles. The smallest absolute Gasteiger partial charge is 0.112 e. The van der Waals surface area contributed by atoms with Crippen molar-refractivity contribution in [2.75, 3.05) is 7.05 Å². The molecule has 0 atom stereocenters. The lowest BCUT2D eigenvalue weighted by atomic mass is 10.2. The molecule has 0 saturated heterocycles. The van der Waals surface area contributed by atoms with Crippen LogP contribution in [0.5, 0.6) is 0 Å². The minimum atomic E-state index is 0.947. The van der Waals surface area contributed by atoms with Gasteiger partial charge in [0.15, 0.2) is 0 Å². The largest absolute Gasteiger partial charge is 0.313 e. The van der Waals surface area contributed by atoms with Crippen LogP contribution in [0.3, 0.4) is 0 Å². The van der Waals surface area contributed by atoms with Crippen LogP contribution < -0.4 is 5.43 Å². The van der Waals surface area contributed by atoms with Crippen LogP contribution in [0.1, 0.15) is 5.56 Å². The summed E-state index contributed by atoms with van der Waals surface area (Å²) in [5.74, 6) is 0. The van der Waals surface area contributed by atoms with E-state index >= 15 is 0 Å². The van der Waals surface area contributed by atoms with Gasteiger partial charge in [-0.2, -0.15) is 10.2 Å². The molecule has 0 radical (unpaired) electrons. The van der Waals surface area contributed by atoms with Crippen molar-refractivity contribution in [3.05, 3.63) is 59.6 Å². The van der Waals surface area contributed by atoms with E-state index in [1.165, 1.54) is 0 Å². The highest BCUT2D eigenvalue weighted by Crippen LogP contribution is 2.26. The van der Waals surface area contributed by atoms with Gasteiger partial charge in [0, 0.05) is 18.8 Å². The third-order valence-corrected chi connectivity index (χ3v) is 3.73. The van der Waals surface area contributed by atoms with Gasteiger partial charge < -0.3 is 5.43 Å². The van der Waals surface area contributed by atoms with Crippen molar-refractivity contribution in [3.8, 4) is 16.3 Å². The molecule has 3 rings (SSSR count). The number of benzene rings is 1. The monoisotopic (exact) mass is 282 g/mol. The Morgan fingerprint density at radius 2 is 2.05 bits per heavy atom. The van der Waals surface area contributed by atoms with Gasteiger partial charge in [-0.3, -0.25) is 0 Å². The number of rotatable bonds is 4. The molecule has 100 valence electrons. The van der Waals surface area contributed by atoms with Gasteiger partial charge in [-0.25, -0.2) is 4.68 Å². The predicted octanol–water partition coefficient (Wildman–Crippen LogP) is 3.15. The molecule has 3 aromatic rings. The molecule has 0 aliphatic rings. The van der Waals surface area contributed by atoms with E-state index in [2.05, 4.69) is 27.1 Å². The highest BCUT2D eigenvalue weighted by Gasteiger charge is 2.11. The highest BCUT2D eigenvalue weighted by atomic mass is 32.1. The SMILES string of the molecule is CN/N=C/c1cn(-c2ccccc2)nc1-c1cccs1. The van der Waals surface area contributed by atoms with Gasteiger partial charge in [-0.05, 0) is 23.6 Å². The van der Waals surface area contributed by atoms with Crippen LogP contribution in [0.2, 0.25) is 0 Å². The van der Waals surface area contributed by atoms with Crippen LogP contribution in [0.15, 0.2) is 59.1 Å². The average Bonchev–Trinajstić information content (AvgIpc) is 3.15. The fraction of sp³-hybridized carbons (Fsp3) is 0.0667. The first kappa shape index (κ1) is 12.6. The summed E-state index contributed by atoms with van der Waals surface area (Å²) in [5.41, 5.74) is 5.75. The van der Waals surface area contributed by atoms with Crippen LogP contribution in [-0.2, 0) is 0 Å². The van der Waals surface area contributed by atoms with Crippen molar-refractivity contribution < 1.29 is 0 Å². The molecule has 0 bridgehead atoms. The van der Waals surface area contributed by atoms with E-state index in [1.54, 1.807) is 24.6 Å². The number of hydrogen-bond donors (Lipinski definition) is 1. The lowest BCUT2D eigenvalue weighted by molar-refractivity contribution is 0.885. The van der Waals surface area contributed by atoms with Crippen LogP contribution >= 0.6 is 11.3 Å². The third kappa shape index (κ3) is 2.48. The second kappa shape index (κ2) is 5.71. The molecule has 4 nitrogen and oxygen atoms in total. The number of hydrogen-bond acceptors (Lipinski definition) is 4. The summed E-state index contributed by atoms with van der Waals surface area (Å²) in [7, 11) is 1.78. The second-order valence-corrected chi connectivity index (χ2v) is 5.12. The fourth-order valence-corrected chi connectivity index (χ4v) is 2.66. The van der Waals surface area contributed by atoms with E-state index in [1.807, 2.05) is 47.3 Å². The maximum Gasteiger partial charge on any atom is 0.112 e. The lowest BCUT2D eigenvalue weighted by Crippen LogP contribution is -1.94. The predicted molar refractivity (Wildman–Crippen MR) is 83.5 cm³/mol. The minimum Gasteiger partial charge on any atom is -0.313 e. The van der Waals surface area contributed by atoms with Gasteiger partial charge in [0.25, 0.3) is 0 Å². The van der Waals surface area contributed by atoms with E-state index in [-0.39, 0.29) is 0 Å². The summed E-state index contributed by atoms with van der Waals surface area (Å²) in [6.45, 7) is 0. The molecular weight excluding hydrogens is 268 g/mol. The summed E-state index contributed by atoms with van der Waals surface area (Å²) in [5, 5.41) is 10.8. The summed E-state index contributed by atoms with van der Waals surface area (Å²) in [6.07, 6.45) is 3.78. The molecule has 0 unspecified atom stereocenters. The van der Waals surface area contributed by atoms with Crippen molar-refractivity contribution in [1.82, 2.24) is 15.2 Å². The molecule has 1 aromatic carbocycles. The van der Waals surface area contributed by atoms with Gasteiger partial charge in [0.1, 0.15) is 5.69 Å². The van der Waals surface area contributed by atoms with Gasteiger partial charge in [-0.15, -0.1) is 11.3 Å². The Bertz CT molecular complexity index is 699. The first-order valence-electron chi connectivity index (χ1n) is 6.27. The van der Waals surface area contributed by atoms with Gasteiger partial charge in [-0.1, -0.05) is 24.3 Å². The molecule has 2 heterocycles. The topological polar surface area (TPSA) is 42.2 Å². The molecular formula is C15H14N4S. The number of nitrogens with one attached hydrogen (secondary N) is 1. The van der Waals surface area contributed by atoms with Crippen molar-refractivity contribution in [3.63, 3.8) is 0 Å². The summed E-state index contributed by atoms with van der Waals surface area (Å²) >= 11 is 1.67. The molecule has 0 aliphatic carbocycles. The Hall–Kier alpha value is -2.40. The van der Waals surface area contributed by atoms with E-state index in [0.717, 1.165) is 21.8 Å². The molecule has 0 aliphatic heterocycles. The van der Waals surface area contributed by atoms with E-state index in [9.17, 15) is 0 Å². The molecule has 5 heteroatoms. The summed E-state index contributed by atoms with van der Waals surface area (Å²) < 4.78 is 1.88. The number of aromatic nitrogens is 2. The summed E-state index contributed by atoms with van der Waals surface area (Å²) in [4.78, 5) is 1.14. The number of hydrazone groups is 1. The number of thiophene rings is 1. The highest BCUT2D eigenvalue weighted by molar-refractivity contribution is 7.13. The Kier molecular flexibility index (Phi) is 3.60. The van der Waals surface area contributed by atoms with Crippen molar-refractivity contribution in [1.29, 1.82) is 0 Å². The Balaban J connectivity index is 2.08. The fourth-order valence-electron chi connectivity index (χ4n) is 1.93. The first-order chi connectivity index (χ1) is 9.88. The quantitative estimate of drug-likeness (QED) is 0.590. The zero-order valence-corrected chi connectivity index (χ0v) is 11.8. The van der Waals surface area contributed by atoms with Crippen LogP contribution in [0, 0.1) is 0 Å². The molecule has 0 fully saturated rings. The van der Waals surface area contributed by atoms with Gasteiger partial charge in [0.2, 0.25) is 0 Å². The number of para-hydroxylation sites is 1. The molecule has 0 amide bonds. The zero-order valence-electron chi connectivity index (χ0n) is 11.0. The number of nitrogens with zero attached hydrogens (tertiary/aromatic N) is 3. The Morgan fingerprint density at radius 1 is 1.20 bits per heavy atom. The molecule has 0 spiro atoms. The van der Waals surface area contributed by atoms with Crippen molar-refractivity contribution in [2.45, 2.75) is 0 Å². The second-order valence-electron chi connectivity index (χ2n) is 4.17. The maximum absolute atomic E-state index is 4.68. The zero-order chi connectivity index (χ0) is 13.8. The first-order valence-corrected chi connectivity index (χ1v) is 7.15. The maximum atomic E-state index is 4.68. The normalized spacial score (nSPS) is 11.1. The van der Waals surface area contributed by atoms with Gasteiger partial charge in [0.05, 0.1) is 16.8 Å². The lowest BCUT2D eigenvalue weighted by Gasteiger charge is -1.98. The molecule has 20 heavy (non-hydrogen) atoms. The van der Waals surface area contributed by atoms with Crippen molar-refractivity contribution in [2.24, 2.45) is 5.10 Å². The average molecular weight is 282 g/mol. The molecule has 0 saturated carbocycles. The molecule has 1 N–H and O–H groups in total. The Labute approximate surface area is 121 Å². The van der Waals surface area contributed by atoms with Crippen LogP contribution in [0.4, 0.5) is 0 Å². The minimum absolute atomic E-state index is 0.947.